The number of nitrogens with zero attached hydrogens (tertiary/aromatic N) is 3. The fourth-order valence-corrected chi connectivity index (χ4v) is 6.81. The molecule has 4 heterocycles. The molecule has 2 fully saturated rings. The Morgan fingerprint density at radius 1 is 0.950 bits per heavy atom. The summed E-state index contributed by atoms with van der Waals surface area (Å²) in [7, 11) is 0. The van der Waals surface area contributed by atoms with Gasteiger partial charge in [-0.3, -0.25) is 29.1 Å². The lowest BCUT2D eigenvalue weighted by Crippen LogP contribution is -2.51. The van der Waals surface area contributed by atoms with Gasteiger partial charge in [0.15, 0.2) is 0 Å². The van der Waals surface area contributed by atoms with Crippen molar-refractivity contribution in [3.05, 3.63) is 94.5 Å². The van der Waals surface area contributed by atoms with E-state index in [0.29, 0.717) is 33.9 Å². The number of carbonyl (C=O) groups excluding carboxylic acids is 3. The summed E-state index contributed by atoms with van der Waals surface area (Å²) in [6.07, 6.45) is 0. The van der Waals surface area contributed by atoms with Crippen LogP contribution in [0.15, 0.2) is 77.6 Å². The van der Waals surface area contributed by atoms with Crippen molar-refractivity contribution in [1.29, 1.82) is 0 Å². The maximum absolute atomic E-state index is 14.4. The fraction of sp³-hybridized carbons (Fsp3) is 0.258. The Morgan fingerprint density at radius 2 is 1.65 bits per heavy atom. The third-order valence-electron chi connectivity index (χ3n) is 8.37. The predicted octanol–water partition coefficient (Wildman–Crippen LogP) is 3.30. The number of fused-ring (bicyclic) bond motifs is 8. The average molecular weight is 535 g/mol. The molecule has 40 heavy (non-hydrogen) atoms. The number of aromatic nitrogens is 2. The summed E-state index contributed by atoms with van der Waals surface area (Å²) >= 11 is 0. The number of ether oxygens (including phenoxy) is 1. The number of hydrogen-bond donors (Lipinski definition) is 1. The minimum Gasteiger partial charge on any atom is -0.427 e. The molecule has 4 aromatic rings. The predicted molar refractivity (Wildman–Crippen MR) is 147 cm³/mol. The lowest BCUT2D eigenvalue weighted by atomic mass is 9.75. The fourth-order valence-electron chi connectivity index (χ4n) is 6.81. The number of rotatable bonds is 3. The van der Waals surface area contributed by atoms with Gasteiger partial charge in [-0.25, -0.2) is 9.88 Å². The zero-order chi connectivity index (χ0) is 27.9. The van der Waals surface area contributed by atoms with E-state index >= 15 is 0 Å². The minimum absolute atomic E-state index is 0.00306. The number of para-hydroxylation sites is 2. The maximum atomic E-state index is 14.4. The van der Waals surface area contributed by atoms with Crippen molar-refractivity contribution in [2.75, 3.05) is 4.90 Å². The summed E-state index contributed by atoms with van der Waals surface area (Å²) in [6, 6.07) is 20.7. The SMILES string of the molecule is CC(=O)Oc1ccc(N2C(=O)[C@@H]3[C@@H](C(C)C)N[C@@]4(c5ccccc5-n5c4nc4ccccc4c5=O)[C@H]3C2=O)cc1. The van der Waals surface area contributed by atoms with Crippen LogP contribution in [0.2, 0.25) is 0 Å². The molecular formula is C31H26N4O5. The quantitative estimate of drug-likeness (QED) is 0.244. The molecule has 0 aliphatic carbocycles. The second-order valence-corrected chi connectivity index (χ2v) is 10.9. The molecule has 1 spiro atoms. The van der Waals surface area contributed by atoms with E-state index in [1.807, 2.05) is 44.2 Å². The molecule has 3 aromatic carbocycles. The molecule has 2 amide bonds. The summed E-state index contributed by atoms with van der Waals surface area (Å²) in [5.41, 5.74) is 0.937. The summed E-state index contributed by atoms with van der Waals surface area (Å²) in [5, 5.41) is 4.17. The summed E-state index contributed by atoms with van der Waals surface area (Å²) in [6.45, 7) is 5.34. The Labute approximate surface area is 229 Å². The Balaban J connectivity index is 1.45. The van der Waals surface area contributed by atoms with Gasteiger partial charge in [-0.05, 0) is 48.4 Å². The zero-order valence-electron chi connectivity index (χ0n) is 22.1. The third kappa shape index (κ3) is 3.09. The molecule has 0 unspecified atom stereocenters. The molecule has 3 aliphatic heterocycles. The van der Waals surface area contributed by atoms with Crippen molar-refractivity contribution >= 4 is 34.4 Å². The molecule has 0 bridgehead atoms. The van der Waals surface area contributed by atoms with E-state index in [1.165, 1.54) is 11.8 Å². The molecule has 7 rings (SSSR count). The zero-order valence-corrected chi connectivity index (χ0v) is 22.1. The van der Waals surface area contributed by atoms with Crippen molar-refractivity contribution in [3.63, 3.8) is 0 Å². The van der Waals surface area contributed by atoms with E-state index in [0.717, 1.165) is 5.56 Å². The normalized spacial score (nSPS) is 24.6. The van der Waals surface area contributed by atoms with Crippen LogP contribution in [-0.2, 0) is 19.9 Å². The first kappa shape index (κ1) is 24.4. The van der Waals surface area contributed by atoms with Gasteiger partial charge in [0, 0.05) is 18.5 Å². The number of anilines is 1. The molecule has 4 atom stereocenters. The number of esters is 1. The van der Waals surface area contributed by atoms with Crippen LogP contribution in [0, 0.1) is 17.8 Å². The third-order valence-corrected chi connectivity index (χ3v) is 8.37. The van der Waals surface area contributed by atoms with E-state index in [1.54, 1.807) is 47.0 Å². The van der Waals surface area contributed by atoms with Gasteiger partial charge in [-0.1, -0.05) is 44.2 Å². The summed E-state index contributed by atoms with van der Waals surface area (Å²) in [4.78, 5) is 60.0. The van der Waals surface area contributed by atoms with Crippen molar-refractivity contribution < 1.29 is 19.1 Å². The molecule has 1 aromatic heterocycles. The van der Waals surface area contributed by atoms with Crippen LogP contribution in [0.25, 0.3) is 16.6 Å². The molecule has 9 nitrogen and oxygen atoms in total. The van der Waals surface area contributed by atoms with Crippen LogP contribution in [0.5, 0.6) is 5.75 Å². The van der Waals surface area contributed by atoms with Crippen LogP contribution in [0.3, 0.4) is 0 Å². The lowest BCUT2D eigenvalue weighted by molar-refractivity contribution is -0.132. The summed E-state index contributed by atoms with van der Waals surface area (Å²) in [5.74, 6) is -1.90. The Bertz CT molecular complexity index is 1810. The van der Waals surface area contributed by atoms with Crippen molar-refractivity contribution in [2.24, 2.45) is 17.8 Å². The molecule has 3 aliphatic rings. The van der Waals surface area contributed by atoms with E-state index in [9.17, 15) is 19.2 Å². The number of carbonyl (C=O) groups is 3. The first-order valence-corrected chi connectivity index (χ1v) is 13.3. The van der Waals surface area contributed by atoms with Crippen LogP contribution in [0.1, 0.15) is 32.2 Å². The molecule has 0 radical (unpaired) electrons. The van der Waals surface area contributed by atoms with E-state index in [4.69, 9.17) is 9.72 Å². The highest BCUT2D eigenvalue weighted by atomic mass is 16.5. The van der Waals surface area contributed by atoms with Gasteiger partial charge in [-0.2, -0.15) is 0 Å². The number of nitrogens with one attached hydrogen (secondary N) is 1. The van der Waals surface area contributed by atoms with E-state index in [2.05, 4.69) is 5.32 Å². The highest BCUT2D eigenvalue weighted by Gasteiger charge is 2.70. The van der Waals surface area contributed by atoms with Gasteiger partial charge < -0.3 is 4.74 Å². The second kappa shape index (κ2) is 8.43. The second-order valence-electron chi connectivity index (χ2n) is 10.9. The molecule has 0 saturated carbocycles. The molecule has 9 heteroatoms. The van der Waals surface area contributed by atoms with Crippen LogP contribution < -0.4 is 20.5 Å². The molecular weight excluding hydrogens is 508 g/mol. The van der Waals surface area contributed by atoms with Gasteiger partial charge in [0.1, 0.15) is 17.1 Å². The largest absolute Gasteiger partial charge is 0.427 e. The highest BCUT2D eigenvalue weighted by molar-refractivity contribution is 6.23. The number of imide groups is 1. The van der Waals surface area contributed by atoms with Gasteiger partial charge in [0.05, 0.1) is 34.1 Å². The van der Waals surface area contributed by atoms with Gasteiger partial charge in [0.25, 0.3) is 5.56 Å². The number of benzene rings is 3. The monoisotopic (exact) mass is 534 g/mol. The average Bonchev–Trinajstić information content (AvgIpc) is 3.53. The topological polar surface area (TPSA) is 111 Å². The summed E-state index contributed by atoms with van der Waals surface area (Å²) < 4.78 is 6.73. The first-order valence-electron chi connectivity index (χ1n) is 13.3. The number of amides is 2. The standard InChI is InChI=1S/C31H26N4O5/c1-16(2)26-24-25(29(39)34(28(24)38)18-12-14-19(15-13-18)40-17(3)36)31(33-26)21-9-5-7-11-23(21)35-27(37)20-8-4-6-10-22(20)32-30(31)35/h4-16,24-26,33H,1-3H3/t24-,25+,26+,31-/m0/s1. The minimum atomic E-state index is -1.18. The van der Waals surface area contributed by atoms with E-state index < -0.39 is 23.3 Å². The molecule has 2 saturated heterocycles. The van der Waals surface area contributed by atoms with Crippen molar-refractivity contribution in [2.45, 2.75) is 32.4 Å². The van der Waals surface area contributed by atoms with Gasteiger partial charge in [0.2, 0.25) is 11.8 Å². The molecule has 1 N–H and O–H groups in total. The Morgan fingerprint density at radius 3 is 2.38 bits per heavy atom. The first-order chi connectivity index (χ1) is 19.2. The van der Waals surface area contributed by atoms with Gasteiger partial charge in [-0.15, -0.1) is 0 Å². The van der Waals surface area contributed by atoms with E-state index in [-0.39, 0.29) is 29.3 Å². The van der Waals surface area contributed by atoms with Crippen molar-refractivity contribution in [3.8, 4) is 11.4 Å². The Kier molecular flexibility index (Phi) is 5.15. The van der Waals surface area contributed by atoms with Crippen LogP contribution >= 0.6 is 0 Å². The van der Waals surface area contributed by atoms with Crippen molar-refractivity contribution in [1.82, 2.24) is 14.9 Å². The van der Waals surface area contributed by atoms with Crippen LogP contribution in [0.4, 0.5) is 5.69 Å². The van der Waals surface area contributed by atoms with Crippen LogP contribution in [-0.4, -0.2) is 33.4 Å². The Hall–Kier alpha value is -4.63. The smallest absolute Gasteiger partial charge is 0.308 e. The lowest BCUT2D eigenvalue weighted by Gasteiger charge is -2.32. The number of hydrogen-bond acceptors (Lipinski definition) is 7. The van der Waals surface area contributed by atoms with Gasteiger partial charge >= 0.3 is 5.97 Å². The molecule has 200 valence electrons. The maximum Gasteiger partial charge on any atom is 0.308 e. The highest BCUT2D eigenvalue weighted by Crippen LogP contribution is 2.56.